The molecule has 140 heavy (non-hydrogen) atoms. The normalized spacial score (nSPS) is 17.6. The average molecular weight is 1950 g/mol. The summed E-state index contributed by atoms with van der Waals surface area (Å²) < 4.78 is 196. The van der Waals surface area contributed by atoms with E-state index in [1.807, 2.05) is 36.4 Å². The summed E-state index contributed by atoms with van der Waals surface area (Å²) in [6.07, 6.45) is -10.8. The Balaban J connectivity index is 0.000000180. The Morgan fingerprint density at radius 3 is 0.771 bits per heavy atom. The van der Waals surface area contributed by atoms with Crippen molar-refractivity contribution in [3.05, 3.63) is 308 Å². The van der Waals surface area contributed by atoms with Crippen LogP contribution < -0.4 is 5.32 Å². The number of piperidine rings is 4. The Morgan fingerprint density at radius 2 is 0.529 bits per heavy atom. The lowest BCUT2D eigenvalue weighted by Crippen LogP contribution is -2.34. The van der Waals surface area contributed by atoms with E-state index >= 15 is 0 Å². The lowest BCUT2D eigenvalue weighted by Gasteiger charge is -2.34. The van der Waals surface area contributed by atoms with E-state index < -0.39 is 58.7 Å². The van der Waals surface area contributed by atoms with E-state index in [0.717, 1.165) is 263 Å². The van der Waals surface area contributed by atoms with Crippen LogP contribution in [0.5, 0.6) is 0 Å². The maximum atomic E-state index is 13.2. The van der Waals surface area contributed by atoms with Crippen LogP contribution in [-0.2, 0) is 63.1 Å². The van der Waals surface area contributed by atoms with Gasteiger partial charge in [-0.15, -0.1) is 0 Å². The van der Waals surface area contributed by atoms with Crippen molar-refractivity contribution in [2.45, 2.75) is 258 Å². The lowest BCUT2D eigenvalue weighted by molar-refractivity contribution is -0.138. The number of likely N-dealkylation sites (N-methyl/N-ethyl adjacent to an activating group) is 1. The molecule has 4 aliphatic heterocycles. The summed E-state index contributed by atoms with van der Waals surface area (Å²) in [5.74, 6) is 2.02. The van der Waals surface area contributed by atoms with Crippen molar-refractivity contribution in [3.63, 3.8) is 0 Å². The molecule has 0 radical (unpaired) electrons. The lowest BCUT2D eigenvalue weighted by atomic mass is 9.81. The zero-order chi connectivity index (χ0) is 102. The van der Waals surface area contributed by atoms with Crippen LogP contribution >= 0.6 is 0 Å². The largest absolute Gasteiger partial charge is 0.416 e. The molecule has 1 N–H and O–H groups in total. The van der Waals surface area contributed by atoms with Gasteiger partial charge in [0, 0.05) is 56.4 Å². The van der Waals surface area contributed by atoms with Crippen LogP contribution in [0.4, 0.5) is 65.9 Å². The van der Waals surface area contributed by atoms with E-state index in [9.17, 15) is 85.0 Å². The van der Waals surface area contributed by atoms with Crippen molar-refractivity contribution < 1.29 is 85.0 Å². The topological polar surface area (TPSA) is 90.0 Å². The Hall–Kier alpha value is -10.3. The second kappa shape index (κ2) is 49.1. The second-order valence-electron chi connectivity index (χ2n) is 40.6. The monoisotopic (exact) mass is 1950 g/mol. The maximum absolute atomic E-state index is 13.2. The molecule has 10 aromatic carbocycles. The van der Waals surface area contributed by atoms with Gasteiger partial charge in [-0.2, -0.15) is 65.9 Å². The smallest absolute Gasteiger partial charge is 0.317 e. The molecule has 4 aliphatic rings. The molecule has 7 unspecified atom stereocenters. The van der Waals surface area contributed by atoms with Gasteiger partial charge in [-0.05, 0) is 352 Å². The van der Waals surface area contributed by atoms with Gasteiger partial charge in [0.1, 0.15) is 23.1 Å². The fraction of sp³-hybridized carbons (Fsp3) is 0.453. The highest BCUT2D eigenvalue weighted by Crippen LogP contribution is 2.45. The van der Waals surface area contributed by atoms with Crippen molar-refractivity contribution in [1.82, 2.24) is 20.0 Å². The summed E-state index contributed by atoms with van der Waals surface area (Å²) in [5.41, 5.74) is 13.3. The molecule has 23 heteroatoms. The number of likely N-dealkylation sites (tertiary alicyclic amines) is 3. The Labute approximate surface area is 817 Å². The molecular weight excluding hydrogens is 1810 g/mol. The number of halogens is 15. The molecule has 7 atom stereocenters. The number of carbonyl (C=O) groups excluding carboxylic acids is 4. The number of nitrogens with zero attached hydrogens (tertiary/aromatic N) is 3. The molecule has 0 bridgehead atoms. The fourth-order valence-electron chi connectivity index (χ4n) is 20.2. The highest BCUT2D eigenvalue weighted by atomic mass is 19.4. The molecule has 752 valence electrons. The van der Waals surface area contributed by atoms with Crippen LogP contribution in [0.25, 0.3) is 44.5 Å². The number of hydrogen-bond acceptors (Lipinski definition) is 8. The van der Waals surface area contributed by atoms with E-state index in [0.29, 0.717) is 60.6 Å². The fourth-order valence-corrected chi connectivity index (χ4v) is 20.2. The first-order valence-corrected chi connectivity index (χ1v) is 49.4. The summed E-state index contributed by atoms with van der Waals surface area (Å²) in [6.45, 7) is 35.2. The second-order valence-corrected chi connectivity index (χ2v) is 40.6. The van der Waals surface area contributed by atoms with Crippen molar-refractivity contribution in [2.24, 2.45) is 23.7 Å². The van der Waals surface area contributed by atoms with E-state index in [1.54, 1.807) is 39.8 Å². The number of benzene rings is 10. The number of rotatable bonds is 29. The molecule has 0 aromatic heterocycles. The van der Waals surface area contributed by atoms with Gasteiger partial charge in [-0.3, -0.25) is 29.0 Å². The summed E-state index contributed by atoms with van der Waals surface area (Å²) in [5, 5.41) is 3.37. The van der Waals surface area contributed by atoms with Crippen LogP contribution in [0.3, 0.4) is 0 Å². The predicted molar refractivity (Wildman–Crippen MR) is 530 cm³/mol. The van der Waals surface area contributed by atoms with E-state index in [-0.39, 0.29) is 58.6 Å². The van der Waals surface area contributed by atoms with Gasteiger partial charge in [0.25, 0.3) is 0 Å². The molecule has 0 saturated carbocycles. The summed E-state index contributed by atoms with van der Waals surface area (Å²) >= 11 is 0. The summed E-state index contributed by atoms with van der Waals surface area (Å²) in [4.78, 5) is 57.5. The molecule has 4 saturated heterocycles. The Morgan fingerprint density at radius 1 is 0.293 bits per heavy atom. The molecule has 4 heterocycles. The van der Waals surface area contributed by atoms with E-state index in [2.05, 4.69) is 149 Å². The molecule has 14 rings (SSSR count). The Bertz CT molecular complexity index is 5680. The molecule has 0 amide bonds. The minimum atomic E-state index is -4.43. The third-order valence-electron chi connectivity index (χ3n) is 27.6. The molecule has 0 spiro atoms. The van der Waals surface area contributed by atoms with Crippen LogP contribution in [-0.4, -0.2) is 96.7 Å². The van der Waals surface area contributed by atoms with Gasteiger partial charge in [-0.1, -0.05) is 226 Å². The standard InChI is InChI=1S/C33H35F6NO.C32H36F3NO.C27H34F3NO.C25H30F3NO/c1-21(2)15-31(22(3)41)28-17-26(24-8-12-30(13-9-24)33(37,38)39)16-27(18-28)25-5-4-14-40(20-25)19-23-6-10-29(11-7-23)32(34,35)36;1-22(2)16-31(23(3)37)29-18-27(25-11-13-30(14-12-25)32(33,34)35)17-28(19-29)26-10-7-15-36(21-26)20-24-8-5-4-6-9-24;1-5-31-12-6-7-21(17-31)23-14-22(20-8-10-25(11-9-20)27(28,29)30)15-24(16-23)26(19(4)32)13-18(2)3;1-16(2)12-24(17(3)30)22-14-20(13-21(15-22)19-8-10-29-11-9-19)18-4-6-23(7-5-18)25(26,27)28/h6-13,16-18,21,25,31H,4-5,14-15,19-20H2,1-3H3;4-6,8-9,11-14,17-19,22,26,31H,7,10,15-16,20-21H2,1-3H3;8-11,14-16,18,21,26H,5-7,12-13,17H2,1-4H3;4-7,13-16,19,24,29H,8-12H2,1-3H3. The summed E-state index contributed by atoms with van der Waals surface area (Å²) in [7, 11) is 0. The number of hydrogen-bond donors (Lipinski definition) is 1. The highest BCUT2D eigenvalue weighted by molar-refractivity contribution is 5.87. The van der Waals surface area contributed by atoms with Crippen molar-refractivity contribution >= 4 is 23.1 Å². The predicted octanol–water partition coefficient (Wildman–Crippen LogP) is 31.8. The molecular formula is C117H135F15N4O4. The first-order valence-electron chi connectivity index (χ1n) is 49.4. The number of Topliss-reactive ketones (excluding diaryl/α,β-unsaturated/α-hetero) is 4. The van der Waals surface area contributed by atoms with Crippen LogP contribution in [0.2, 0.25) is 0 Å². The average Bonchev–Trinajstić information content (AvgIpc) is 0.801. The SMILES string of the molecule is CC(=O)C(CC(C)C)c1cc(-c2ccc(C(F)(F)F)cc2)cc(C2CCCN(Cc3ccc(C(F)(F)F)cc3)C2)c1.CC(=O)C(CC(C)C)c1cc(-c2ccc(C(F)(F)F)cc2)cc(C2CCCN(Cc3ccccc3)C2)c1.CC(=O)C(CC(C)C)c1cc(-c2ccc(C(F)(F)F)cc2)cc(C2CCNCC2)c1.CCN1CCCC(c2cc(-c3ccc(C(F)(F)F)cc3)cc(C(CC(C)C)C(C)=O)c2)C1. The minimum Gasteiger partial charge on any atom is -0.317 e. The number of nitrogens with one attached hydrogen (secondary N) is 1. The van der Waals surface area contributed by atoms with Crippen LogP contribution in [0.1, 0.15) is 298 Å². The minimum absolute atomic E-state index is 0.0433. The van der Waals surface area contributed by atoms with Gasteiger partial charge in [0.2, 0.25) is 0 Å². The van der Waals surface area contributed by atoms with Crippen LogP contribution in [0, 0.1) is 23.7 Å². The zero-order valence-corrected chi connectivity index (χ0v) is 82.7. The number of alkyl halides is 15. The van der Waals surface area contributed by atoms with Gasteiger partial charge in [-0.25, -0.2) is 0 Å². The third kappa shape index (κ3) is 31.8. The first kappa shape index (κ1) is 110. The highest BCUT2D eigenvalue weighted by Gasteiger charge is 2.38. The number of ketones is 4. The van der Waals surface area contributed by atoms with E-state index in [1.165, 1.54) is 70.8 Å². The van der Waals surface area contributed by atoms with Gasteiger partial charge in [0.05, 0.1) is 27.8 Å². The van der Waals surface area contributed by atoms with Crippen LogP contribution in [0.15, 0.2) is 224 Å². The summed E-state index contributed by atoms with van der Waals surface area (Å²) in [6, 6.07) is 61.6. The van der Waals surface area contributed by atoms with Gasteiger partial charge in [0.15, 0.2) is 0 Å². The zero-order valence-electron chi connectivity index (χ0n) is 82.7. The Kier molecular flexibility index (Phi) is 38.6. The molecule has 10 aromatic rings. The van der Waals surface area contributed by atoms with Crippen molar-refractivity contribution in [3.8, 4) is 44.5 Å². The molecule has 4 fully saturated rings. The molecule has 8 nitrogen and oxygen atoms in total. The first-order chi connectivity index (χ1) is 66.0. The van der Waals surface area contributed by atoms with Gasteiger partial charge >= 0.3 is 30.9 Å². The van der Waals surface area contributed by atoms with E-state index in [4.69, 9.17) is 0 Å². The maximum Gasteiger partial charge on any atom is 0.416 e. The third-order valence-corrected chi connectivity index (χ3v) is 27.6. The van der Waals surface area contributed by atoms with Crippen molar-refractivity contribution in [2.75, 3.05) is 58.9 Å². The quantitative estimate of drug-likeness (QED) is 0.0464. The molecule has 0 aliphatic carbocycles. The number of carbonyl (C=O) groups is 4. The van der Waals surface area contributed by atoms with Gasteiger partial charge < -0.3 is 10.2 Å². The van der Waals surface area contributed by atoms with Crippen molar-refractivity contribution in [1.29, 1.82) is 0 Å².